The molecule has 2 aromatic heterocycles. The zero-order valence-corrected chi connectivity index (χ0v) is 11.1. The van der Waals surface area contributed by atoms with E-state index in [-0.39, 0.29) is 5.28 Å². The predicted octanol–water partition coefficient (Wildman–Crippen LogP) is 3.47. The van der Waals surface area contributed by atoms with Crippen LogP contribution in [-0.2, 0) is 0 Å². The number of fused-ring (bicyclic) bond motifs is 1. The molecule has 0 fully saturated rings. The lowest BCUT2D eigenvalue weighted by Crippen LogP contribution is -1.88. The number of aromatic amines is 1. The van der Waals surface area contributed by atoms with Crippen molar-refractivity contribution in [1.82, 2.24) is 19.9 Å². The molecule has 0 radical (unpaired) electrons. The van der Waals surface area contributed by atoms with Crippen LogP contribution in [0.15, 0.2) is 40.5 Å². The van der Waals surface area contributed by atoms with Crippen molar-refractivity contribution in [2.24, 2.45) is 0 Å². The van der Waals surface area contributed by atoms with Crippen molar-refractivity contribution in [3.8, 4) is 0 Å². The lowest BCUT2D eigenvalue weighted by Gasteiger charge is -2.03. The van der Waals surface area contributed by atoms with Crippen LogP contribution in [0.3, 0.4) is 0 Å². The van der Waals surface area contributed by atoms with Gasteiger partial charge < -0.3 is 4.98 Å². The van der Waals surface area contributed by atoms with Crippen molar-refractivity contribution in [1.29, 1.82) is 0 Å². The van der Waals surface area contributed by atoms with Crippen LogP contribution in [0.25, 0.3) is 11.2 Å². The molecule has 3 rings (SSSR count). The molecule has 1 N–H and O–H groups in total. The van der Waals surface area contributed by atoms with Gasteiger partial charge in [0.1, 0.15) is 10.5 Å². The average molecular weight is 277 g/mol. The molecule has 0 spiro atoms. The molecule has 0 aliphatic heterocycles. The van der Waals surface area contributed by atoms with Gasteiger partial charge in [0.05, 0.1) is 6.33 Å². The van der Waals surface area contributed by atoms with Crippen molar-refractivity contribution in [3.05, 3.63) is 41.4 Å². The first-order valence-electron chi connectivity index (χ1n) is 5.33. The highest BCUT2D eigenvalue weighted by molar-refractivity contribution is 7.99. The first-order valence-corrected chi connectivity index (χ1v) is 6.53. The molecule has 0 unspecified atom stereocenters. The van der Waals surface area contributed by atoms with Gasteiger partial charge in [-0.25, -0.2) is 9.97 Å². The highest BCUT2D eigenvalue weighted by atomic mass is 35.5. The first kappa shape index (κ1) is 11.5. The molecule has 0 atom stereocenters. The van der Waals surface area contributed by atoms with Crippen molar-refractivity contribution >= 4 is 34.5 Å². The highest BCUT2D eigenvalue weighted by Gasteiger charge is 2.10. The molecule has 0 saturated carbocycles. The fourth-order valence-electron chi connectivity index (χ4n) is 1.65. The van der Waals surface area contributed by atoms with E-state index in [2.05, 4.69) is 39.0 Å². The summed E-state index contributed by atoms with van der Waals surface area (Å²) >= 11 is 7.43. The summed E-state index contributed by atoms with van der Waals surface area (Å²) in [6, 6.07) is 8.21. The van der Waals surface area contributed by atoms with Gasteiger partial charge in [0.2, 0.25) is 5.28 Å². The van der Waals surface area contributed by atoms with Crippen LogP contribution in [-0.4, -0.2) is 19.9 Å². The highest BCUT2D eigenvalue weighted by Crippen LogP contribution is 2.31. The molecule has 4 nitrogen and oxygen atoms in total. The van der Waals surface area contributed by atoms with Crippen molar-refractivity contribution in [3.63, 3.8) is 0 Å². The van der Waals surface area contributed by atoms with Crippen LogP contribution in [0.4, 0.5) is 0 Å². The molecule has 0 saturated heterocycles. The van der Waals surface area contributed by atoms with Crippen LogP contribution in [0.1, 0.15) is 5.56 Å². The minimum absolute atomic E-state index is 0.213. The molecule has 6 heteroatoms. The second-order valence-corrected chi connectivity index (χ2v) is 5.22. The maximum absolute atomic E-state index is 5.89. The number of rotatable bonds is 2. The van der Waals surface area contributed by atoms with Gasteiger partial charge in [-0.3, -0.25) is 0 Å². The van der Waals surface area contributed by atoms with Crippen molar-refractivity contribution in [2.75, 3.05) is 0 Å². The first-order chi connectivity index (χ1) is 8.72. The normalized spacial score (nSPS) is 11.0. The van der Waals surface area contributed by atoms with Crippen molar-refractivity contribution in [2.45, 2.75) is 16.8 Å². The van der Waals surface area contributed by atoms with E-state index in [1.54, 1.807) is 18.1 Å². The molecule has 0 bridgehead atoms. The Morgan fingerprint density at radius 1 is 1.28 bits per heavy atom. The molecule has 3 aromatic rings. The number of halogens is 1. The summed E-state index contributed by atoms with van der Waals surface area (Å²) < 4.78 is 0. The number of benzene rings is 1. The number of nitrogens with one attached hydrogen (secondary N) is 1. The molecule has 0 amide bonds. The topological polar surface area (TPSA) is 54.5 Å². The van der Waals surface area contributed by atoms with Crippen LogP contribution in [0, 0.1) is 6.92 Å². The lowest BCUT2D eigenvalue weighted by atomic mass is 10.2. The van der Waals surface area contributed by atoms with Gasteiger partial charge in [0, 0.05) is 4.90 Å². The Bertz CT molecular complexity index is 710. The van der Waals surface area contributed by atoms with E-state index < -0.39 is 0 Å². The van der Waals surface area contributed by atoms with E-state index in [1.807, 2.05) is 12.1 Å². The number of H-pyrrole nitrogens is 1. The summed E-state index contributed by atoms with van der Waals surface area (Å²) in [6.45, 7) is 2.06. The van der Waals surface area contributed by atoms with Crippen LogP contribution < -0.4 is 0 Å². The Morgan fingerprint density at radius 2 is 2.17 bits per heavy atom. The molecule has 0 aliphatic carbocycles. The predicted molar refractivity (Wildman–Crippen MR) is 72.0 cm³/mol. The fraction of sp³-hybridized carbons (Fsp3) is 0.0833. The van der Waals surface area contributed by atoms with Gasteiger partial charge in [-0.1, -0.05) is 29.5 Å². The molecular weight excluding hydrogens is 268 g/mol. The van der Waals surface area contributed by atoms with E-state index in [9.17, 15) is 0 Å². The Morgan fingerprint density at radius 3 is 3.00 bits per heavy atom. The number of hydrogen-bond donors (Lipinski definition) is 1. The molecule has 1 aromatic carbocycles. The van der Waals surface area contributed by atoms with Crippen LogP contribution in [0.5, 0.6) is 0 Å². The lowest BCUT2D eigenvalue weighted by molar-refractivity contribution is 1.08. The Kier molecular flexibility index (Phi) is 2.93. The van der Waals surface area contributed by atoms with Crippen molar-refractivity contribution < 1.29 is 0 Å². The minimum atomic E-state index is 0.213. The van der Waals surface area contributed by atoms with E-state index in [0.717, 1.165) is 15.4 Å². The van der Waals surface area contributed by atoms with Gasteiger partial charge >= 0.3 is 0 Å². The third-order valence-corrected chi connectivity index (χ3v) is 3.58. The SMILES string of the molecule is Cc1cccc(Sc2nc(Cl)nc3nc[nH]c23)c1. The van der Waals surface area contributed by atoms with Gasteiger partial charge in [-0.2, -0.15) is 4.98 Å². The Hall–Kier alpha value is -1.59. The summed E-state index contributed by atoms with van der Waals surface area (Å²) in [6.07, 6.45) is 1.59. The summed E-state index contributed by atoms with van der Waals surface area (Å²) in [5.41, 5.74) is 2.61. The number of aromatic nitrogens is 4. The third-order valence-electron chi connectivity index (χ3n) is 2.43. The number of nitrogens with zero attached hydrogens (tertiary/aromatic N) is 3. The summed E-state index contributed by atoms with van der Waals surface area (Å²) in [4.78, 5) is 16.5. The largest absolute Gasteiger partial charge is 0.341 e. The Labute approximate surface area is 113 Å². The number of aryl methyl sites for hydroxylation is 1. The van der Waals surface area contributed by atoms with Crippen LogP contribution >= 0.6 is 23.4 Å². The van der Waals surface area contributed by atoms with Gasteiger partial charge in [0.25, 0.3) is 0 Å². The maximum atomic E-state index is 5.89. The zero-order valence-electron chi connectivity index (χ0n) is 9.51. The Balaban J connectivity index is 2.06. The standard InChI is InChI=1S/C12H9ClN4S/c1-7-3-2-4-8(5-7)18-11-9-10(15-6-14-9)16-12(13)17-11/h2-6H,1H3,(H,14,15,16,17). The third kappa shape index (κ3) is 2.19. The molecular formula is C12H9ClN4S. The quantitative estimate of drug-likeness (QED) is 0.575. The molecule has 2 heterocycles. The van der Waals surface area contributed by atoms with Gasteiger partial charge in [0.15, 0.2) is 5.65 Å². The second kappa shape index (κ2) is 4.59. The fourth-order valence-corrected chi connectivity index (χ4v) is 2.86. The van der Waals surface area contributed by atoms with Crippen LogP contribution in [0.2, 0.25) is 5.28 Å². The maximum Gasteiger partial charge on any atom is 0.225 e. The van der Waals surface area contributed by atoms with E-state index in [1.165, 1.54) is 5.56 Å². The summed E-state index contributed by atoms with van der Waals surface area (Å²) in [5.74, 6) is 0. The molecule has 18 heavy (non-hydrogen) atoms. The van der Waals surface area contributed by atoms with Gasteiger partial charge in [-0.05, 0) is 30.7 Å². The average Bonchev–Trinajstić information content (AvgIpc) is 2.77. The smallest absolute Gasteiger partial charge is 0.225 e. The number of imidazole rings is 1. The zero-order chi connectivity index (χ0) is 12.5. The molecule has 0 aliphatic rings. The van der Waals surface area contributed by atoms with E-state index in [0.29, 0.717) is 5.65 Å². The summed E-state index contributed by atoms with van der Waals surface area (Å²) in [5, 5.41) is 0.998. The van der Waals surface area contributed by atoms with Gasteiger partial charge in [-0.15, -0.1) is 0 Å². The minimum Gasteiger partial charge on any atom is -0.341 e. The second-order valence-electron chi connectivity index (χ2n) is 3.82. The number of hydrogen-bond acceptors (Lipinski definition) is 4. The molecule has 90 valence electrons. The van der Waals surface area contributed by atoms with E-state index >= 15 is 0 Å². The summed E-state index contributed by atoms with van der Waals surface area (Å²) in [7, 11) is 0. The monoisotopic (exact) mass is 276 g/mol. The van der Waals surface area contributed by atoms with E-state index in [4.69, 9.17) is 11.6 Å².